The van der Waals surface area contributed by atoms with Gasteiger partial charge < -0.3 is 15.8 Å². The Morgan fingerprint density at radius 3 is 2.43 bits per heavy atom. The van der Waals surface area contributed by atoms with Crippen LogP contribution in [0.5, 0.6) is 0 Å². The number of ether oxygens (including phenoxy) is 1. The first-order chi connectivity index (χ1) is 9.93. The van der Waals surface area contributed by atoms with Crippen LogP contribution in [-0.2, 0) is 21.2 Å². The predicted molar refractivity (Wildman–Crippen MR) is 84.4 cm³/mol. The molecule has 0 aliphatic heterocycles. The number of nitrogen functional groups attached to an aromatic ring is 1. The smallest absolute Gasteiger partial charge is 0.177 e. The molecule has 5 nitrogen and oxygen atoms in total. The zero-order valence-corrected chi connectivity index (χ0v) is 12.8. The Hall–Kier alpha value is -2.05. The Kier molecular flexibility index (Phi) is 4.50. The molecule has 112 valence electrons. The van der Waals surface area contributed by atoms with Crippen LogP contribution >= 0.6 is 0 Å². The van der Waals surface area contributed by atoms with E-state index in [0.29, 0.717) is 12.3 Å². The van der Waals surface area contributed by atoms with E-state index in [-0.39, 0.29) is 10.6 Å². The van der Waals surface area contributed by atoms with Gasteiger partial charge in [0, 0.05) is 24.6 Å². The van der Waals surface area contributed by atoms with Crippen LogP contribution in [-0.4, -0.2) is 21.8 Å². The topological polar surface area (TPSA) is 81.4 Å². The lowest BCUT2D eigenvalue weighted by Crippen LogP contribution is -2.06. The molecule has 21 heavy (non-hydrogen) atoms. The number of benzene rings is 2. The van der Waals surface area contributed by atoms with Crippen molar-refractivity contribution in [2.24, 2.45) is 0 Å². The lowest BCUT2D eigenvalue weighted by atomic mass is 10.1. The number of hydrogen-bond donors (Lipinski definition) is 2. The van der Waals surface area contributed by atoms with Crippen molar-refractivity contribution in [1.29, 1.82) is 0 Å². The van der Waals surface area contributed by atoms with Crippen molar-refractivity contribution < 1.29 is 13.2 Å². The molecule has 0 spiro atoms. The van der Waals surface area contributed by atoms with E-state index in [2.05, 4.69) is 5.32 Å². The highest BCUT2D eigenvalue weighted by molar-refractivity contribution is 7.90. The minimum atomic E-state index is -3.36. The molecule has 3 N–H and O–H groups in total. The molecule has 0 aromatic heterocycles. The van der Waals surface area contributed by atoms with Gasteiger partial charge in [0.1, 0.15) is 0 Å². The van der Waals surface area contributed by atoms with E-state index < -0.39 is 9.84 Å². The van der Waals surface area contributed by atoms with Crippen LogP contribution in [0.1, 0.15) is 5.56 Å². The van der Waals surface area contributed by atoms with Gasteiger partial charge in [0.05, 0.1) is 22.9 Å². The van der Waals surface area contributed by atoms with Crippen molar-refractivity contribution in [3.8, 4) is 0 Å². The maximum Gasteiger partial charge on any atom is 0.177 e. The maximum absolute atomic E-state index is 11.7. The average Bonchev–Trinajstić information content (AvgIpc) is 2.42. The Morgan fingerprint density at radius 1 is 1.10 bits per heavy atom. The third kappa shape index (κ3) is 3.53. The molecule has 0 unspecified atom stereocenters. The zero-order valence-electron chi connectivity index (χ0n) is 12.0. The van der Waals surface area contributed by atoms with Crippen molar-refractivity contribution in [3.63, 3.8) is 0 Å². The standard InChI is InChI=1S/C15H18N2O3S/c1-20-10-11-6-3-4-7-12(11)17-13-8-5-9-14(15(13)16)21(2,18)19/h3-9,17H,10,16H2,1-2H3. The SMILES string of the molecule is COCc1ccccc1Nc1cccc(S(C)(=O)=O)c1N. The molecule has 6 heteroatoms. The van der Waals surface area contributed by atoms with E-state index in [4.69, 9.17) is 10.5 Å². The van der Waals surface area contributed by atoms with Gasteiger partial charge in [-0.2, -0.15) is 0 Å². The van der Waals surface area contributed by atoms with Gasteiger partial charge >= 0.3 is 0 Å². The number of rotatable bonds is 5. The summed E-state index contributed by atoms with van der Waals surface area (Å²) in [6, 6.07) is 12.5. The van der Waals surface area contributed by atoms with Gasteiger partial charge in [-0.25, -0.2) is 8.42 Å². The van der Waals surface area contributed by atoms with Crippen molar-refractivity contribution in [3.05, 3.63) is 48.0 Å². The summed E-state index contributed by atoms with van der Waals surface area (Å²) in [5.41, 5.74) is 8.53. The molecule has 0 fully saturated rings. The Labute approximate surface area is 124 Å². The highest BCUT2D eigenvalue weighted by Gasteiger charge is 2.14. The molecule has 0 heterocycles. The van der Waals surface area contributed by atoms with Crippen LogP contribution in [0.3, 0.4) is 0 Å². The number of hydrogen-bond acceptors (Lipinski definition) is 5. The second-order valence-corrected chi connectivity index (χ2v) is 6.69. The number of anilines is 3. The summed E-state index contributed by atoms with van der Waals surface area (Å²) in [5, 5.41) is 3.17. The quantitative estimate of drug-likeness (QED) is 0.830. The first-order valence-corrected chi connectivity index (χ1v) is 8.25. The molecule has 0 radical (unpaired) electrons. The van der Waals surface area contributed by atoms with Crippen molar-refractivity contribution in [2.45, 2.75) is 11.5 Å². The van der Waals surface area contributed by atoms with Crippen LogP contribution in [0.15, 0.2) is 47.4 Å². The van der Waals surface area contributed by atoms with Crippen LogP contribution < -0.4 is 11.1 Å². The molecule has 2 aromatic carbocycles. The van der Waals surface area contributed by atoms with E-state index in [1.807, 2.05) is 24.3 Å². The normalized spacial score (nSPS) is 11.3. The highest BCUT2D eigenvalue weighted by Crippen LogP contribution is 2.30. The molecule has 0 saturated heterocycles. The van der Waals surface area contributed by atoms with E-state index in [1.165, 1.54) is 6.07 Å². The number of nitrogens with two attached hydrogens (primary N) is 1. The Bertz CT molecular complexity index is 742. The Morgan fingerprint density at radius 2 is 1.76 bits per heavy atom. The fourth-order valence-corrected chi connectivity index (χ4v) is 2.88. The molecule has 0 amide bonds. The fraction of sp³-hybridized carbons (Fsp3) is 0.200. The number of sulfone groups is 1. The zero-order chi connectivity index (χ0) is 15.5. The minimum absolute atomic E-state index is 0.122. The maximum atomic E-state index is 11.7. The van der Waals surface area contributed by atoms with Crippen LogP contribution in [0.25, 0.3) is 0 Å². The molecule has 0 aliphatic rings. The van der Waals surface area contributed by atoms with Gasteiger partial charge in [-0.05, 0) is 18.2 Å². The van der Waals surface area contributed by atoms with Gasteiger partial charge in [0.15, 0.2) is 9.84 Å². The van der Waals surface area contributed by atoms with Gasteiger partial charge in [-0.15, -0.1) is 0 Å². The molecular formula is C15H18N2O3S. The third-order valence-electron chi connectivity index (χ3n) is 3.05. The van der Waals surface area contributed by atoms with Gasteiger partial charge in [-0.1, -0.05) is 24.3 Å². The summed E-state index contributed by atoms with van der Waals surface area (Å²) in [6.07, 6.45) is 1.14. The predicted octanol–water partition coefficient (Wildman–Crippen LogP) is 2.56. The van der Waals surface area contributed by atoms with Gasteiger partial charge in [0.25, 0.3) is 0 Å². The van der Waals surface area contributed by atoms with Crippen LogP contribution in [0, 0.1) is 0 Å². The summed E-state index contributed by atoms with van der Waals surface area (Å²) in [5.74, 6) is 0. The number of nitrogens with one attached hydrogen (secondary N) is 1. The molecule has 0 saturated carbocycles. The molecule has 2 rings (SSSR count). The largest absolute Gasteiger partial charge is 0.396 e. The summed E-state index contributed by atoms with van der Waals surface area (Å²) in [4.78, 5) is 0.122. The number of para-hydroxylation sites is 2. The molecular weight excluding hydrogens is 288 g/mol. The van der Waals surface area contributed by atoms with Crippen LogP contribution in [0.4, 0.5) is 17.1 Å². The lowest BCUT2D eigenvalue weighted by Gasteiger charge is -2.15. The summed E-state index contributed by atoms with van der Waals surface area (Å²) in [7, 11) is -1.74. The van der Waals surface area contributed by atoms with Gasteiger partial charge in [0.2, 0.25) is 0 Å². The summed E-state index contributed by atoms with van der Waals surface area (Å²) >= 11 is 0. The van der Waals surface area contributed by atoms with E-state index in [0.717, 1.165) is 17.5 Å². The first kappa shape index (κ1) is 15.3. The van der Waals surface area contributed by atoms with E-state index in [9.17, 15) is 8.42 Å². The van der Waals surface area contributed by atoms with E-state index >= 15 is 0 Å². The monoisotopic (exact) mass is 306 g/mol. The average molecular weight is 306 g/mol. The molecule has 0 atom stereocenters. The minimum Gasteiger partial charge on any atom is -0.396 e. The summed E-state index contributed by atoms with van der Waals surface area (Å²) < 4.78 is 28.5. The van der Waals surface area contributed by atoms with Crippen molar-refractivity contribution >= 4 is 26.9 Å². The third-order valence-corrected chi connectivity index (χ3v) is 4.21. The van der Waals surface area contributed by atoms with Crippen molar-refractivity contribution in [1.82, 2.24) is 0 Å². The first-order valence-electron chi connectivity index (χ1n) is 6.36. The Balaban J connectivity index is 2.42. The van der Waals surface area contributed by atoms with Gasteiger partial charge in [-0.3, -0.25) is 0 Å². The fourth-order valence-electron chi connectivity index (χ4n) is 2.05. The molecule has 0 aliphatic carbocycles. The number of methoxy groups -OCH3 is 1. The highest BCUT2D eigenvalue weighted by atomic mass is 32.2. The summed E-state index contributed by atoms with van der Waals surface area (Å²) in [6.45, 7) is 0.453. The lowest BCUT2D eigenvalue weighted by molar-refractivity contribution is 0.185. The molecule has 2 aromatic rings. The van der Waals surface area contributed by atoms with Crippen LogP contribution in [0.2, 0.25) is 0 Å². The molecule has 0 bridgehead atoms. The second kappa shape index (κ2) is 6.15. The van der Waals surface area contributed by atoms with E-state index in [1.54, 1.807) is 19.2 Å². The second-order valence-electron chi connectivity index (χ2n) is 4.70. The van der Waals surface area contributed by atoms with Crippen molar-refractivity contribution in [2.75, 3.05) is 24.4 Å².